The van der Waals surface area contributed by atoms with Crippen LogP contribution in [0.4, 0.5) is 17.2 Å². The lowest BCUT2D eigenvalue weighted by Gasteiger charge is -2.17. The minimum atomic E-state index is 0.609. The van der Waals surface area contributed by atoms with Crippen molar-refractivity contribution in [2.75, 3.05) is 36.0 Å². The van der Waals surface area contributed by atoms with Crippen LogP contribution in [0.3, 0.4) is 0 Å². The summed E-state index contributed by atoms with van der Waals surface area (Å²) in [6, 6.07) is 8.47. The summed E-state index contributed by atoms with van der Waals surface area (Å²) >= 11 is 0. The molecule has 0 amide bonds. The lowest BCUT2D eigenvalue weighted by atomic mass is 10.3. The highest BCUT2D eigenvalue weighted by Gasteiger charge is 2.16. The molecule has 0 saturated carbocycles. The molecule has 0 radical (unpaired) electrons. The average Bonchev–Trinajstić information content (AvgIpc) is 3.50. The number of aromatic nitrogens is 2. The molecular formula is C23H33N8+. The van der Waals surface area contributed by atoms with Crippen molar-refractivity contribution in [2.45, 2.75) is 39.0 Å². The number of anilines is 2. The van der Waals surface area contributed by atoms with Gasteiger partial charge in [0.05, 0.1) is 24.4 Å². The summed E-state index contributed by atoms with van der Waals surface area (Å²) in [7, 11) is 3.97. The number of rotatable bonds is 5. The maximum atomic E-state index is 4.48. The Morgan fingerprint density at radius 1 is 0.968 bits per heavy atom. The van der Waals surface area contributed by atoms with E-state index in [9.17, 15) is 0 Å². The predicted octanol–water partition coefficient (Wildman–Crippen LogP) is 3.46. The Hall–Kier alpha value is -3.03. The smallest absolute Gasteiger partial charge is 0.352 e. The third-order valence-electron chi connectivity index (χ3n) is 6.01. The van der Waals surface area contributed by atoms with Crippen molar-refractivity contribution in [3.63, 3.8) is 0 Å². The molecule has 2 fully saturated rings. The van der Waals surface area contributed by atoms with E-state index in [1.54, 1.807) is 0 Å². The molecule has 0 aliphatic carbocycles. The first-order valence-corrected chi connectivity index (χ1v) is 11.3. The van der Waals surface area contributed by atoms with Gasteiger partial charge in [-0.2, -0.15) is 0 Å². The Labute approximate surface area is 184 Å². The lowest BCUT2D eigenvalue weighted by molar-refractivity contribution is -0.658. The van der Waals surface area contributed by atoms with Gasteiger partial charge in [0.25, 0.3) is 0 Å². The highest BCUT2D eigenvalue weighted by atomic mass is 15.3. The fourth-order valence-electron chi connectivity index (χ4n) is 4.02. The molecule has 2 aromatic heterocycles. The van der Waals surface area contributed by atoms with Crippen LogP contribution < -0.4 is 19.9 Å². The van der Waals surface area contributed by atoms with Crippen LogP contribution in [0.15, 0.2) is 57.1 Å². The first-order chi connectivity index (χ1) is 15.1. The zero-order valence-corrected chi connectivity index (χ0v) is 18.9. The van der Waals surface area contributed by atoms with Crippen LogP contribution in [0, 0.1) is 0 Å². The Morgan fingerprint density at radius 2 is 1.61 bits per heavy atom. The molecule has 0 bridgehead atoms. The van der Waals surface area contributed by atoms with E-state index in [1.165, 1.54) is 37.1 Å². The SMILES string of the molecule is CCC(N=Nc1cc(N2CCCC2)cc[n+]1C)=NN=c1cc(N2CCCC2)ccn1C. The van der Waals surface area contributed by atoms with Crippen LogP contribution in [-0.4, -0.2) is 36.6 Å². The number of amidine groups is 1. The van der Waals surface area contributed by atoms with Gasteiger partial charge >= 0.3 is 5.82 Å². The number of aryl methyl sites for hydroxylation is 2. The summed E-state index contributed by atoms with van der Waals surface area (Å²) in [5.74, 6) is 1.42. The first-order valence-electron chi connectivity index (χ1n) is 11.3. The molecular weight excluding hydrogens is 388 g/mol. The van der Waals surface area contributed by atoms with Gasteiger partial charge < -0.3 is 14.4 Å². The zero-order valence-electron chi connectivity index (χ0n) is 18.9. The minimum absolute atomic E-state index is 0.609. The van der Waals surface area contributed by atoms with E-state index in [4.69, 9.17) is 0 Å². The topological polar surface area (TPSA) is 64.7 Å². The van der Waals surface area contributed by atoms with Crippen LogP contribution in [-0.2, 0) is 14.1 Å². The van der Waals surface area contributed by atoms with Crippen molar-refractivity contribution < 1.29 is 4.57 Å². The maximum Gasteiger partial charge on any atom is 0.352 e. The van der Waals surface area contributed by atoms with Crippen LogP contribution in [0.5, 0.6) is 0 Å². The maximum absolute atomic E-state index is 4.48. The minimum Gasteiger partial charge on any atom is -0.371 e. The van der Waals surface area contributed by atoms with Crippen molar-refractivity contribution >= 4 is 23.0 Å². The summed E-state index contributed by atoms with van der Waals surface area (Å²) in [6.07, 6.45) is 9.76. The van der Waals surface area contributed by atoms with Gasteiger partial charge in [0, 0.05) is 69.4 Å². The van der Waals surface area contributed by atoms with E-state index in [0.717, 1.165) is 37.5 Å². The highest BCUT2D eigenvalue weighted by Crippen LogP contribution is 2.22. The zero-order chi connectivity index (χ0) is 21.6. The molecule has 0 spiro atoms. The van der Waals surface area contributed by atoms with Crippen molar-refractivity contribution in [3.8, 4) is 0 Å². The molecule has 164 valence electrons. The summed E-state index contributed by atoms with van der Waals surface area (Å²) in [5.41, 5.74) is 3.22. The average molecular weight is 422 g/mol. The van der Waals surface area contributed by atoms with Crippen molar-refractivity contribution in [1.82, 2.24) is 4.57 Å². The molecule has 0 unspecified atom stereocenters. The molecule has 8 nitrogen and oxygen atoms in total. The van der Waals surface area contributed by atoms with Crippen molar-refractivity contribution in [1.29, 1.82) is 0 Å². The molecule has 4 heterocycles. The van der Waals surface area contributed by atoms with Crippen molar-refractivity contribution in [3.05, 3.63) is 42.1 Å². The fraction of sp³-hybridized carbons (Fsp3) is 0.522. The van der Waals surface area contributed by atoms with Crippen LogP contribution in [0.2, 0.25) is 0 Å². The molecule has 2 saturated heterocycles. The quantitative estimate of drug-likeness (QED) is 0.244. The van der Waals surface area contributed by atoms with E-state index >= 15 is 0 Å². The van der Waals surface area contributed by atoms with E-state index in [0.29, 0.717) is 12.3 Å². The van der Waals surface area contributed by atoms with Gasteiger partial charge in [-0.05, 0) is 36.9 Å². The van der Waals surface area contributed by atoms with E-state index in [-0.39, 0.29) is 0 Å². The first kappa shape index (κ1) is 21.2. The second-order valence-electron chi connectivity index (χ2n) is 8.27. The van der Waals surface area contributed by atoms with Crippen molar-refractivity contribution in [2.24, 2.45) is 34.5 Å². The number of hydrogen-bond acceptors (Lipinski definition) is 5. The Bertz CT molecular complexity index is 1020. The van der Waals surface area contributed by atoms with Gasteiger partial charge in [0.15, 0.2) is 11.3 Å². The Kier molecular flexibility index (Phi) is 6.74. The summed E-state index contributed by atoms with van der Waals surface area (Å²) in [6.45, 7) is 6.46. The van der Waals surface area contributed by atoms with Crippen LogP contribution >= 0.6 is 0 Å². The normalized spacial score (nSPS) is 18.0. The molecule has 31 heavy (non-hydrogen) atoms. The van der Waals surface area contributed by atoms with Gasteiger partial charge in [-0.15, -0.1) is 10.2 Å². The van der Waals surface area contributed by atoms with E-state index in [1.807, 2.05) is 42.5 Å². The molecule has 4 rings (SSSR count). The van der Waals surface area contributed by atoms with Gasteiger partial charge in [-0.25, -0.2) is 4.57 Å². The number of nitrogens with zero attached hydrogens (tertiary/aromatic N) is 8. The molecule has 2 aliphatic heterocycles. The monoisotopic (exact) mass is 421 g/mol. The molecule has 0 aromatic carbocycles. The van der Waals surface area contributed by atoms with Crippen LogP contribution in [0.1, 0.15) is 39.0 Å². The van der Waals surface area contributed by atoms with Gasteiger partial charge in [-0.3, -0.25) is 0 Å². The highest BCUT2D eigenvalue weighted by molar-refractivity contribution is 5.82. The summed E-state index contributed by atoms with van der Waals surface area (Å²) in [4.78, 5) is 4.80. The number of azo groups is 1. The van der Waals surface area contributed by atoms with E-state index < -0.39 is 0 Å². The largest absolute Gasteiger partial charge is 0.371 e. The van der Waals surface area contributed by atoms with Gasteiger partial charge in [0.1, 0.15) is 0 Å². The van der Waals surface area contributed by atoms with Gasteiger partial charge in [-0.1, -0.05) is 6.92 Å². The Morgan fingerprint density at radius 3 is 2.26 bits per heavy atom. The molecule has 2 aromatic rings. The third kappa shape index (κ3) is 5.18. The molecule has 2 aliphatic rings. The standard InChI is InChI=1S/C23H33N8/c1-4-21(24-26-22-17-19(9-15-28(22)2)30-11-5-6-12-30)25-27-23-18-20(10-16-29(23)3)31-13-7-8-14-31/h9-10,15-18H,4-8,11-14H2,1-3H3/q+1. The predicted molar refractivity (Wildman–Crippen MR) is 124 cm³/mol. The summed E-state index contributed by atoms with van der Waals surface area (Å²) < 4.78 is 3.96. The van der Waals surface area contributed by atoms with Crippen LogP contribution in [0.25, 0.3) is 0 Å². The second kappa shape index (κ2) is 9.85. The lowest BCUT2D eigenvalue weighted by Crippen LogP contribution is -2.28. The fourth-order valence-corrected chi connectivity index (χ4v) is 4.02. The molecule has 0 atom stereocenters. The Balaban J connectivity index is 1.56. The van der Waals surface area contributed by atoms with E-state index in [2.05, 4.69) is 54.5 Å². The molecule has 0 N–H and O–H groups in total. The second-order valence-corrected chi connectivity index (χ2v) is 8.27. The summed E-state index contributed by atoms with van der Waals surface area (Å²) in [5, 5.41) is 17.8. The van der Waals surface area contributed by atoms with Gasteiger partial charge in [0.2, 0.25) is 0 Å². The number of hydrogen-bond donors (Lipinski definition) is 0. The third-order valence-corrected chi connectivity index (χ3v) is 6.01. The number of pyridine rings is 2. The molecule has 8 heteroatoms.